The van der Waals surface area contributed by atoms with E-state index in [-0.39, 0.29) is 10.5 Å². The maximum absolute atomic E-state index is 12.9. The summed E-state index contributed by atoms with van der Waals surface area (Å²) in [6.07, 6.45) is 2.77. The van der Waals surface area contributed by atoms with E-state index in [2.05, 4.69) is 10.3 Å². The van der Waals surface area contributed by atoms with E-state index in [1.165, 1.54) is 6.26 Å². The summed E-state index contributed by atoms with van der Waals surface area (Å²) in [7, 11) is -1.53. The zero-order valence-corrected chi connectivity index (χ0v) is 20.1. The van der Waals surface area contributed by atoms with Crippen molar-refractivity contribution in [3.05, 3.63) is 101 Å². The van der Waals surface area contributed by atoms with Gasteiger partial charge in [0.2, 0.25) is 0 Å². The SMILES string of the molecule is CNc1ccc(-c2nc3c(-c4cccc(S(C)(=O)=O)c4)c[nH]c(=O)c3cc2-c2ccccc2)cc1. The van der Waals surface area contributed by atoms with Crippen LogP contribution < -0.4 is 10.9 Å². The third-order valence-corrected chi connectivity index (χ3v) is 7.09. The van der Waals surface area contributed by atoms with Gasteiger partial charge in [-0.1, -0.05) is 54.6 Å². The molecule has 7 heteroatoms. The molecule has 0 amide bonds. The van der Waals surface area contributed by atoms with E-state index in [0.717, 1.165) is 28.1 Å². The van der Waals surface area contributed by atoms with Gasteiger partial charge in [0.05, 0.1) is 21.5 Å². The van der Waals surface area contributed by atoms with Crippen molar-refractivity contribution >= 4 is 26.4 Å². The van der Waals surface area contributed by atoms with E-state index >= 15 is 0 Å². The average molecular weight is 482 g/mol. The molecule has 2 heterocycles. The van der Waals surface area contributed by atoms with Gasteiger partial charge in [0.25, 0.3) is 5.56 Å². The number of sulfone groups is 1. The van der Waals surface area contributed by atoms with E-state index in [1.54, 1.807) is 24.4 Å². The summed E-state index contributed by atoms with van der Waals surface area (Å²) in [5, 5.41) is 3.55. The smallest absolute Gasteiger partial charge is 0.257 e. The Morgan fingerprint density at radius 3 is 2.20 bits per heavy atom. The van der Waals surface area contributed by atoms with Crippen molar-refractivity contribution in [1.82, 2.24) is 9.97 Å². The van der Waals surface area contributed by atoms with E-state index < -0.39 is 9.84 Å². The number of hydrogen-bond acceptors (Lipinski definition) is 5. The van der Waals surface area contributed by atoms with Crippen molar-refractivity contribution < 1.29 is 8.42 Å². The first-order valence-corrected chi connectivity index (χ1v) is 12.9. The molecule has 0 saturated carbocycles. The molecule has 0 atom stereocenters. The summed E-state index contributed by atoms with van der Waals surface area (Å²) >= 11 is 0. The number of pyridine rings is 2. The highest BCUT2D eigenvalue weighted by Crippen LogP contribution is 2.36. The Balaban J connectivity index is 1.83. The van der Waals surface area contributed by atoms with Crippen LogP contribution in [-0.4, -0.2) is 31.7 Å². The molecular formula is C28H23N3O3S. The topological polar surface area (TPSA) is 91.9 Å². The number of nitrogens with one attached hydrogen (secondary N) is 2. The summed E-state index contributed by atoms with van der Waals surface area (Å²) in [5.41, 5.74) is 5.95. The Hall–Kier alpha value is -4.23. The summed E-state index contributed by atoms with van der Waals surface area (Å²) in [6.45, 7) is 0. The summed E-state index contributed by atoms with van der Waals surface area (Å²) in [6, 6.07) is 26.3. The molecule has 5 aromatic rings. The number of anilines is 1. The molecule has 3 aromatic carbocycles. The highest BCUT2D eigenvalue weighted by molar-refractivity contribution is 7.90. The third kappa shape index (κ3) is 4.34. The van der Waals surface area contributed by atoms with E-state index in [0.29, 0.717) is 22.0 Å². The van der Waals surface area contributed by atoms with E-state index in [1.807, 2.05) is 73.8 Å². The van der Waals surface area contributed by atoms with Crippen molar-refractivity contribution in [3.8, 4) is 33.5 Å². The van der Waals surface area contributed by atoms with Crippen LogP contribution in [0.1, 0.15) is 0 Å². The van der Waals surface area contributed by atoms with Gasteiger partial charge < -0.3 is 10.3 Å². The van der Waals surface area contributed by atoms with Gasteiger partial charge in [-0.2, -0.15) is 0 Å². The quantitative estimate of drug-likeness (QED) is 0.352. The molecule has 0 aliphatic rings. The highest BCUT2D eigenvalue weighted by Gasteiger charge is 2.17. The predicted molar refractivity (Wildman–Crippen MR) is 141 cm³/mol. The molecule has 174 valence electrons. The lowest BCUT2D eigenvalue weighted by Crippen LogP contribution is -2.08. The second-order valence-electron chi connectivity index (χ2n) is 8.31. The predicted octanol–water partition coefficient (Wildman–Crippen LogP) is 5.37. The summed E-state index contributed by atoms with van der Waals surface area (Å²) < 4.78 is 24.3. The maximum atomic E-state index is 12.9. The number of fused-ring (bicyclic) bond motifs is 1. The van der Waals surface area contributed by atoms with E-state index in [4.69, 9.17) is 4.98 Å². The zero-order valence-electron chi connectivity index (χ0n) is 19.2. The molecule has 0 unspecified atom stereocenters. The van der Waals surface area contributed by atoms with Crippen molar-refractivity contribution in [2.45, 2.75) is 4.90 Å². The fourth-order valence-electron chi connectivity index (χ4n) is 4.14. The van der Waals surface area contributed by atoms with Gasteiger partial charge in [0.15, 0.2) is 9.84 Å². The standard InChI is InChI=1S/C28H23N3O3S/c1-29-21-13-11-19(12-14-21)26-23(18-7-4-3-5-8-18)16-24-27(31-26)25(17-30-28(24)32)20-9-6-10-22(15-20)35(2,33)34/h3-17,29H,1-2H3,(H,30,32). The van der Waals surface area contributed by atoms with Crippen LogP contribution in [0.3, 0.4) is 0 Å². The van der Waals surface area contributed by atoms with Crippen molar-refractivity contribution in [2.75, 3.05) is 18.6 Å². The molecular weight excluding hydrogens is 458 g/mol. The second-order valence-corrected chi connectivity index (χ2v) is 10.3. The second kappa shape index (κ2) is 8.85. The van der Waals surface area contributed by atoms with Crippen LogP contribution in [0.25, 0.3) is 44.4 Å². The van der Waals surface area contributed by atoms with Crippen molar-refractivity contribution in [1.29, 1.82) is 0 Å². The third-order valence-electron chi connectivity index (χ3n) is 5.97. The van der Waals surface area contributed by atoms with Gasteiger partial charge in [-0.15, -0.1) is 0 Å². The molecule has 5 rings (SSSR count). The number of benzene rings is 3. The normalized spacial score (nSPS) is 11.5. The number of hydrogen-bond donors (Lipinski definition) is 2. The fraction of sp³-hybridized carbons (Fsp3) is 0.0714. The minimum Gasteiger partial charge on any atom is -0.388 e. The first-order chi connectivity index (χ1) is 16.8. The molecule has 0 saturated heterocycles. The lowest BCUT2D eigenvalue weighted by Gasteiger charge is -2.14. The Labute approximate surface area is 203 Å². The van der Waals surface area contributed by atoms with Gasteiger partial charge in [0, 0.05) is 41.9 Å². The minimum atomic E-state index is -3.39. The van der Waals surface area contributed by atoms with Gasteiger partial charge in [-0.25, -0.2) is 13.4 Å². The lowest BCUT2D eigenvalue weighted by molar-refractivity contribution is 0.602. The van der Waals surface area contributed by atoms with Gasteiger partial charge in [0.1, 0.15) is 0 Å². The Morgan fingerprint density at radius 2 is 1.51 bits per heavy atom. The number of nitrogens with zero attached hydrogens (tertiary/aromatic N) is 1. The minimum absolute atomic E-state index is 0.207. The fourth-order valence-corrected chi connectivity index (χ4v) is 4.81. The number of aromatic amines is 1. The first kappa shape index (κ1) is 22.6. The molecule has 2 aromatic heterocycles. The molecule has 6 nitrogen and oxygen atoms in total. The number of rotatable bonds is 5. The van der Waals surface area contributed by atoms with Crippen LogP contribution in [-0.2, 0) is 9.84 Å². The molecule has 0 aliphatic heterocycles. The van der Waals surface area contributed by atoms with Crippen LogP contribution >= 0.6 is 0 Å². The Kier molecular flexibility index (Phi) is 5.70. The van der Waals surface area contributed by atoms with Crippen LogP contribution in [0, 0.1) is 0 Å². The van der Waals surface area contributed by atoms with Crippen LogP contribution in [0.2, 0.25) is 0 Å². The largest absolute Gasteiger partial charge is 0.388 e. The Morgan fingerprint density at radius 1 is 0.800 bits per heavy atom. The number of aromatic nitrogens is 2. The monoisotopic (exact) mass is 481 g/mol. The van der Waals surface area contributed by atoms with Crippen LogP contribution in [0.5, 0.6) is 0 Å². The highest BCUT2D eigenvalue weighted by atomic mass is 32.2. The summed E-state index contributed by atoms with van der Waals surface area (Å²) in [4.78, 5) is 20.9. The van der Waals surface area contributed by atoms with Gasteiger partial charge >= 0.3 is 0 Å². The van der Waals surface area contributed by atoms with Gasteiger partial charge in [-0.3, -0.25) is 4.79 Å². The Bertz CT molecular complexity index is 1710. The molecule has 35 heavy (non-hydrogen) atoms. The molecule has 0 bridgehead atoms. The first-order valence-electron chi connectivity index (χ1n) is 11.1. The van der Waals surface area contributed by atoms with E-state index in [9.17, 15) is 13.2 Å². The van der Waals surface area contributed by atoms with Crippen molar-refractivity contribution in [2.24, 2.45) is 0 Å². The van der Waals surface area contributed by atoms with Crippen LogP contribution in [0.15, 0.2) is 101 Å². The average Bonchev–Trinajstić information content (AvgIpc) is 2.88. The zero-order chi connectivity index (χ0) is 24.6. The molecule has 0 radical (unpaired) electrons. The van der Waals surface area contributed by atoms with Crippen LogP contribution in [0.4, 0.5) is 5.69 Å². The summed E-state index contributed by atoms with van der Waals surface area (Å²) in [5.74, 6) is 0. The lowest BCUT2D eigenvalue weighted by atomic mass is 9.96. The molecule has 0 aliphatic carbocycles. The molecule has 2 N–H and O–H groups in total. The van der Waals surface area contributed by atoms with Gasteiger partial charge in [-0.05, 0) is 41.5 Å². The molecule has 0 fully saturated rings. The van der Waals surface area contributed by atoms with Crippen molar-refractivity contribution in [3.63, 3.8) is 0 Å². The molecule has 0 spiro atoms. The maximum Gasteiger partial charge on any atom is 0.257 e. The number of H-pyrrole nitrogens is 1.